The van der Waals surface area contributed by atoms with Crippen molar-refractivity contribution in [3.8, 4) is 5.69 Å². The number of amides is 2. The van der Waals surface area contributed by atoms with Gasteiger partial charge in [-0.05, 0) is 31.2 Å². The summed E-state index contributed by atoms with van der Waals surface area (Å²) in [5.74, 6) is 1.22. The van der Waals surface area contributed by atoms with E-state index in [4.69, 9.17) is 9.15 Å². The van der Waals surface area contributed by atoms with E-state index in [9.17, 15) is 9.59 Å². The molecule has 10 nitrogen and oxygen atoms in total. The molecule has 2 saturated heterocycles. The number of benzene rings is 1. The summed E-state index contributed by atoms with van der Waals surface area (Å²) in [5.41, 5.74) is 2.13. The molecule has 35 heavy (non-hydrogen) atoms. The first-order chi connectivity index (χ1) is 17.1. The smallest absolute Gasteiger partial charge is 0.289 e. The van der Waals surface area contributed by atoms with E-state index in [-0.39, 0.29) is 17.6 Å². The van der Waals surface area contributed by atoms with Crippen LogP contribution in [0.1, 0.15) is 16.1 Å². The number of furan rings is 1. The van der Waals surface area contributed by atoms with Gasteiger partial charge in [0.05, 0.1) is 30.9 Å². The van der Waals surface area contributed by atoms with Crippen LogP contribution in [-0.4, -0.2) is 94.6 Å². The number of carbonyl (C=O) groups is 2. The molecular formula is C24H28N6O4S. The predicted molar refractivity (Wildman–Crippen MR) is 131 cm³/mol. The van der Waals surface area contributed by atoms with E-state index in [0.717, 1.165) is 24.7 Å². The van der Waals surface area contributed by atoms with Crippen LogP contribution in [0.4, 0.5) is 5.95 Å². The first kappa shape index (κ1) is 23.4. The average Bonchev–Trinajstić information content (AvgIpc) is 3.59. The molecule has 0 unspecified atom stereocenters. The third-order valence-electron chi connectivity index (χ3n) is 6.18. The van der Waals surface area contributed by atoms with Gasteiger partial charge < -0.3 is 23.9 Å². The van der Waals surface area contributed by atoms with Crippen LogP contribution in [0.3, 0.4) is 0 Å². The molecule has 0 spiro atoms. The summed E-state index contributed by atoms with van der Waals surface area (Å²) in [6.07, 6.45) is 1.49. The number of piperazine rings is 1. The van der Waals surface area contributed by atoms with Crippen molar-refractivity contribution in [3.63, 3.8) is 0 Å². The molecule has 0 radical (unpaired) electrons. The van der Waals surface area contributed by atoms with Crippen LogP contribution in [-0.2, 0) is 9.53 Å². The minimum atomic E-state index is -0.140. The lowest BCUT2D eigenvalue weighted by molar-refractivity contribution is -0.129. The maximum absolute atomic E-state index is 13.0. The van der Waals surface area contributed by atoms with Crippen molar-refractivity contribution >= 4 is 29.5 Å². The number of anilines is 1. The normalized spacial score (nSPS) is 16.5. The molecule has 184 valence electrons. The Morgan fingerprint density at radius 2 is 1.66 bits per heavy atom. The number of rotatable bonds is 6. The van der Waals surface area contributed by atoms with E-state index in [1.54, 1.807) is 21.9 Å². The number of nitrogens with zero attached hydrogens (tertiary/aromatic N) is 6. The first-order valence-electron chi connectivity index (χ1n) is 11.7. The Labute approximate surface area is 207 Å². The van der Waals surface area contributed by atoms with E-state index < -0.39 is 0 Å². The van der Waals surface area contributed by atoms with Crippen molar-refractivity contribution in [2.75, 3.05) is 63.1 Å². The van der Waals surface area contributed by atoms with Crippen LogP contribution in [0.5, 0.6) is 0 Å². The number of morpholine rings is 1. The van der Waals surface area contributed by atoms with Crippen LogP contribution in [0, 0.1) is 6.92 Å². The lowest BCUT2D eigenvalue weighted by Crippen LogP contribution is -2.51. The molecule has 0 bridgehead atoms. The maximum Gasteiger partial charge on any atom is 0.289 e. The Kier molecular flexibility index (Phi) is 7.05. The summed E-state index contributed by atoms with van der Waals surface area (Å²) in [5, 5.41) is 9.57. The van der Waals surface area contributed by atoms with Gasteiger partial charge in [-0.1, -0.05) is 29.5 Å². The van der Waals surface area contributed by atoms with Gasteiger partial charge in [-0.25, -0.2) is 0 Å². The molecule has 11 heteroatoms. The molecule has 1 aromatic carbocycles. The largest absolute Gasteiger partial charge is 0.459 e. The van der Waals surface area contributed by atoms with Crippen LogP contribution in [0.2, 0.25) is 0 Å². The maximum atomic E-state index is 13.0. The predicted octanol–water partition coefficient (Wildman–Crippen LogP) is 2.08. The van der Waals surface area contributed by atoms with Crippen LogP contribution in [0.15, 0.2) is 52.2 Å². The van der Waals surface area contributed by atoms with Crippen LogP contribution >= 0.6 is 11.8 Å². The molecule has 0 aliphatic carbocycles. The molecule has 3 aromatic rings. The number of hydrogen-bond acceptors (Lipinski definition) is 8. The summed E-state index contributed by atoms with van der Waals surface area (Å²) < 4.78 is 12.7. The molecule has 0 saturated carbocycles. The molecular weight excluding hydrogens is 468 g/mol. The fourth-order valence-corrected chi connectivity index (χ4v) is 5.03. The highest BCUT2D eigenvalue weighted by Gasteiger charge is 2.27. The van der Waals surface area contributed by atoms with Crippen LogP contribution in [0.25, 0.3) is 5.69 Å². The number of thioether (sulfide) groups is 1. The summed E-state index contributed by atoms with van der Waals surface area (Å²) in [4.78, 5) is 31.1. The molecule has 2 amide bonds. The molecule has 4 heterocycles. The topological polar surface area (TPSA) is 96.9 Å². The lowest BCUT2D eigenvalue weighted by atomic mass is 10.2. The molecule has 5 rings (SSSR count). The number of aromatic nitrogens is 3. The molecule has 2 aliphatic rings. The second kappa shape index (κ2) is 10.5. The number of aryl methyl sites for hydroxylation is 1. The Morgan fingerprint density at radius 1 is 0.943 bits per heavy atom. The van der Waals surface area contributed by atoms with E-state index in [2.05, 4.69) is 34.2 Å². The second-order valence-electron chi connectivity index (χ2n) is 8.49. The summed E-state index contributed by atoms with van der Waals surface area (Å²) in [6, 6.07) is 11.6. The van der Waals surface area contributed by atoms with E-state index in [0.29, 0.717) is 50.3 Å². The second-order valence-corrected chi connectivity index (χ2v) is 9.43. The van der Waals surface area contributed by atoms with E-state index >= 15 is 0 Å². The van der Waals surface area contributed by atoms with Crippen molar-refractivity contribution in [2.45, 2.75) is 12.1 Å². The lowest BCUT2D eigenvalue weighted by Gasteiger charge is -2.34. The van der Waals surface area contributed by atoms with E-state index in [1.807, 2.05) is 16.7 Å². The zero-order valence-corrected chi connectivity index (χ0v) is 20.4. The molecule has 0 N–H and O–H groups in total. The third kappa shape index (κ3) is 5.20. The fraction of sp³-hybridized carbons (Fsp3) is 0.417. The van der Waals surface area contributed by atoms with Gasteiger partial charge in [-0.2, -0.15) is 0 Å². The van der Waals surface area contributed by atoms with Gasteiger partial charge in [0.2, 0.25) is 11.9 Å². The van der Waals surface area contributed by atoms with Crippen molar-refractivity contribution in [1.82, 2.24) is 24.6 Å². The first-order valence-corrected chi connectivity index (χ1v) is 12.7. The van der Waals surface area contributed by atoms with E-state index in [1.165, 1.54) is 23.6 Å². The van der Waals surface area contributed by atoms with Crippen molar-refractivity contribution in [2.24, 2.45) is 0 Å². The number of carbonyl (C=O) groups excluding carboxylic acids is 2. The number of hydrogen-bond donors (Lipinski definition) is 0. The summed E-state index contributed by atoms with van der Waals surface area (Å²) in [7, 11) is 0. The SMILES string of the molecule is Cc1ccc(-n2c(SCC(=O)N3CCN(C(=O)c4ccco4)CC3)nnc2N2CCOCC2)cc1. The molecule has 0 atom stereocenters. The van der Waals surface area contributed by atoms with Crippen LogP contribution < -0.4 is 4.90 Å². The van der Waals surface area contributed by atoms with Gasteiger partial charge in [-0.3, -0.25) is 14.2 Å². The highest BCUT2D eigenvalue weighted by Crippen LogP contribution is 2.28. The quantitative estimate of drug-likeness (QED) is 0.479. The standard InChI is InChI=1S/C24H28N6O4S/c1-18-4-6-19(7-5-18)30-23(29-12-15-33-16-13-29)25-26-24(30)35-17-21(31)27-8-10-28(11-9-27)22(32)20-3-2-14-34-20/h2-7,14H,8-13,15-17H2,1H3. The van der Waals surface area contributed by atoms with Crippen molar-refractivity contribution in [1.29, 1.82) is 0 Å². The Morgan fingerprint density at radius 3 is 2.34 bits per heavy atom. The van der Waals surface area contributed by atoms with Gasteiger partial charge in [0.15, 0.2) is 10.9 Å². The molecule has 2 aliphatic heterocycles. The fourth-order valence-electron chi connectivity index (χ4n) is 4.18. The van der Waals surface area contributed by atoms with Crippen molar-refractivity contribution in [3.05, 3.63) is 54.0 Å². The average molecular weight is 497 g/mol. The third-order valence-corrected chi connectivity index (χ3v) is 7.09. The Balaban J connectivity index is 1.24. The van der Waals surface area contributed by atoms with Gasteiger partial charge >= 0.3 is 0 Å². The van der Waals surface area contributed by atoms with Gasteiger partial charge in [0.25, 0.3) is 5.91 Å². The summed E-state index contributed by atoms with van der Waals surface area (Å²) >= 11 is 1.38. The van der Waals surface area contributed by atoms with Gasteiger partial charge in [0, 0.05) is 39.3 Å². The minimum absolute atomic E-state index is 0.0199. The zero-order chi connectivity index (χ0) is 24.2. The van der Waals surface area contributed by atoms with Gasteiger partial charge in [0.1, 0.15) is 0 Å². The zero-order valence-electron chi connectivity index (χ0n) is 19.6. The summed E-state index contributed by atoms with van der Waals surface area (Å²) in [6.45, 7) is 6.79. The highest BCUT2D eigenvalue weighted by atomic mass is 32.2. The Hall–Kier alpha value is -3.31. The molecule has 2 aromatic heterocycles. The highest BCUT2D eigenvalue weighted by molar-refractivity contribution is 7.99. The monoisotopic (exact) mass is 496 g/mol. The van der Waals surface area contributed by atoms with Crippen molar-refractivity contribution < 1.29 is 18.7 Å². The van der Waals surface area contributed by atoms with Gasteiger partial charge in [-0.15, -0.1) is 10.2 Å². The Bertz CT molecular complexity index is 1150. The molecule has 2 fully saturated rings. The minimum Gasteiger partial charge on any atom is -0.459 e. The number of ether oxygens (including phenoxy) is 1.